The molecule has 0 saturated heterocycles. The molecule has 2 aromatic carbocycles. The summed E-state index contributed by atoms with van der Waals surface area (Å²) in [6.07, 6.45) is 0. The fourth-order valence-corrected chi connectivity index (χ4v) is 2.64. The molecule has 0 fully saturated rings. The van der Waals surface area contributed by atoms with Crippen LogP contribution < -0.4 is 25.4 Å². The molecular formula is C21H28N4O3. The van der Waals surface area contributed by atoms with E-state index in [2.05, 4.69) is 20.9 Å². The van der Waals surface area contributed by atoms with Gasteiger partial charge in [-0.15, -0.1) is 0 Å². The molecule has 0 aliphatic carbocycles. The van der Waals surface area contributed by atoms with Gasteiger partial charge in [-0.3, -0.25) is 4.79 Å². The average Bonchev–Trinajstić information content (AvgIpc) is 2.69. The van der Waals surface area contributed by atoms with E-state index in [4.69, 9.17) is 9.47 Å². The number of guanidine groups is 1. The lowest BCUT2D eigenvalue weighted by Crippen LogP contribution is -2.36. The molecule has 0 aromatic heterocycles. The maximum absolute atomic E-state index is 11.2. The lowest BCUT2D eigenvalue weighted by atomic mass is 10.2. The van der Waals surface area contributed by atoms with Crippen LogP contribution in [0.5, 0.6) is 11.5 Å². The quantitative estimate of drug-likeness (QED) is 0.481. The summed E-state index contributed by atoms with van der Waals surface area (Å²) in [6, 6.07) is 13.5. The second kappa shape index (κ2) is 10.8. The maximum atomic E-state index is 11.2. The Bertz CT molecular complexity index is 821. The van der Waals surface area contributed by atoms with Gasteiger partial charge < -0.3 is 25.4 Å². The number of aliphatic imine (C=N–C) groups is 1. The summed E-state index contributed by atoms with van der Waals surface area (Å²) in [5.74, 6) is 2.01. The van der Waals surface area contributed by atoms with Gasteiger partial charge in [0.25, 0.3) is 0 Å². The molecule has 0 spiro atoms. The van der Waals surface area contributed by atoms with Crippen molar-refractivity contribution in [2.24, 2.45) is 4.99 Å². The Kier molecular flexibility index (Phi) is 8.14. The Morgan fingerprint density at radius 3 is 2.46 bits per heavy atom. The standard InChI is InChI=1S/C21H28N4O3/c1-5-22-21(23-13-16-7-6-8-18(11-16)25-15(2)26)24-14-17-9-10-19(27-3)20(12-17)28-4/h6-12H,5,13-14H2,1-4H3,(H,25,26)(H2,22,23,24). The van der Waals surface area contributed by atoms with Crippen LogP contribution >= 0.6 is 0 Å². The number of hydrogen-bond acceptors (Lipinski definition) is 4. The topological polar surface area (TPSA) is 84.0 Å². The van der Waals surface area contributed by atoms with Gasteiger partial charge in [0.2, 0.25) is 5.91 Å². The van der Waals surface area contributed by atoms with Crippen LogP contribution in [0.25, 0.3) is 0 Å². The van der Waals surface area contributed by atoms with Gasteiger partial charge in [-0.25, -0.2) is 4.99 Å². The number of methoxy groups -OCH3 is 2. The van der Waals surface area contributed by atoms with E-state index in [1.807, 2.05) is 49.4 Å². The number of amides is 1. The smallest absolute Gasteiger partial charge is 0.221 e. The summed E-state index contributed by atoms with van der Waals surface area (Å²) < 4.78 is 10.6. The molecule has 0 unspecified atom stereocenters. The van der Waals surface area contributed by atoms with Crippen molar-refractivity contribution in [1.82, 2.24) is 10.6 Å². The zero-order chi connectivity index (χ0) is 20.4. The number of carbonyl (C=O) groups is 1. The number of rotatable bonds is 8. The Morgan fingerprint density at radius 1 is 1.00 bits per heavy atom. The number of nitrogens with one attached hydrogen (secondary N) is 3. The van der Waals surface area contributed by atoms with Crippen molar-refractivity contribution in [2.45, 2.75) is 26.9 Å². The number of benzene rings is 2. The molecule has 0 aliphatic heterocycles. The molecule has 0 heterocycles. The summed E-state index contributed by atoms with van der Waals surface area (Å²) >= 11 is 0. The summed E-state index contributed by atoms with van der Waals surface area (Å²) in [6.45, 7) is 5.35. The van der Waals surface area contributed by atoms with E-state index >= 15 is 0 Å². The van der Waals surface area contributed by atoms with Gasteiger partial charge in [-0.05, 0) is 42.3 Å². The first-order chi connectivity index (χ1) is 13.5. The molecular weight excluding hydrogens is 356 g/mol. The van der Waals surface area contributed by atoms with E-state index in [1.165, 1.54) is 6.92 Å². The molecule has 0 saturated carbocycles. The average molecular weight is 384 g/mol. The van der Waals surface area contributed by atoms with E-state index in [0.29, 0.717) is 30.5 Å². The summed E-state index contributed by atoms with van der Waals surface area (Å²) in [4.78, 5) is 15.8. The zero-order valence-electron chi connectivity index (χ0n) is 16.8. The molecule has 1 amide bonds. The monoisotopic (exact) mass is 384 g/mol. The van der Waals surface area contributed by atoms with Gasteiger partial charge in [0.05, 0.1) is 20.8 Å². The van der Waals surface area contributed by atoms with Gasteiger partial charge in [-0.2, -0.15) is 0 Å². The minimum Gasteiger partial charge on any atom is -0.493 e. The van der Waals surface area contributed by atoms with E-state index in [9.17, 15) is 4.79 Å². The van der Waals surface area contributed by atoms with Crippen molar-refractivity contribution in [3.63, 3.8) is 0 Å². The third-order valence-electron chi connectivity index (χ3n) is 3.92. The van der Waals surface area contributed by atoms with Gasteiger partial charge in [0.15, 0.2) is 17.5 Å². The van der Waals surface area contributed by atoms with Crippen molar-refractivity contribution in [2.75, 3.05) is 26.1 Å². The fraction of sp³-hybridized carbons (Fsp3) is 0.333. The zero-order valence-corrected chi connectivity index (χ0v) is 16.8. The first kappa shape index (κ1) is 21.1. The van der Waals surface area contributed by atoms with Gasteiger partial charge in [-0.1, -0.05) is 18.2 Å². The maximum Gasteiger partial charge on any atom is 0.221 e. The van der Waals surface area contributed by atoms with Crippen LogP contribution in [0, 0.1) is 0 Å². The minimum absolute atomic E-state index is 0.0921. The van der Waals surface area contributed by atoms with Crippen molar-refractivity contribution in [1.29, 1.82) is 0 Å². The van der Waals surface area contributed by atoms with E-state index < -0.39 is 0 Å². The van der Waals surface area contributed by atoms with E-state index in [1.54, 1.807) is 14.2 Å². The number of carbonyl (C=O) groups excluding carboxylic acids is 1. The second-order valence-corrected chi connectivity index (χ2v) is 6.12. The molecule has 2 rings (SSSR count). The Labute approximate surface area is 166 Å². The van der Waals surface area contributed by atoms with Crippen molar-refractivity contribution in [3.05, 3.63) is 53.6 Å². The van der Waals surface area contributed by atoms with Crippen LogP contribution in [0.4, 0.5) is 5.69 Å². The lowest BCUT2D eigenvalue weighted by Gasteiger charge is -2.13. The Morgan fingerprint density at radius 2 is 1.79 bits per heavy atom. The van der Waals surface area contributed by atoms with Crippen molar-refractivity contribution in [3.8, 4) is 11.5 Å². The van der Waals surface area contributed by atoms with Gasteiger partial charge in [0.1, 0.15) is 0 Å². The SMILES string of the molecule is CCNC(=NCc1cccc(NC(C)=O)c1)NCc1ccc(OC)c(OC)c1. The summed E-state index contributed by atoms with van der Waals surface area (Å²) in [7, 11) is 3.24. The molecule has 2 aromatic rings. The third-order valence-corrected chi connectivity index (χ3v) is 3.92. The van der Waals surface area contributed by atoms with E-state index in [-0.39, 0.29) is 5.91 Å². The van der Waals surface area contributed by atoms with Crippen LogP contribution in [0.1, 0.15) is 25.0 Å². The number of hydrogen-bond donors (Lipinski definition) is 3. The summed E-state index contributed by atoms with van der Waals surface area (Å²) in [5, 5.41) is 9.33. The van der Waals surface area contributed by atoms with Crippen LogP contribution in [-0.2, 0) is 17.9 Å². The van der Waals surface area contributed by atoms with E-state index in [0.717, 1.165) is 23.4 Å². The highest BCUT2D eigenvalue weighted by molar-refractivity contribution is 5.88. The van der Waals surface area contributed by atoms with Gasteiger partial charge >= 0.3 is 0 Å². The van der Waals surface area contributed by atoms with Crippen LogP contribution in [0.15, 0.2) is 47.5 Å². The molecule has 0 atom stereocenters. The molecule has 28 heavy (non-hydrogen) atoms. The Hall–Kier alpha value is -3.22. The highest BCUT2D eigenvalue weighted by atomic mass is 16.5. The molecule has 0 aliphatic rings. The predicted molar refractivity (Wildman–Crippen MR) is 112 cm³/mol. The largest absolute Gasteiger partial charge is 0.493 e. The fourth-order valence-electron chi connectivity index (χ4n) is 2.64. The van der Waals surface area contributed by atoms with Crippen LogP contribution in [0.3, 0.4) is 0 Å². The highest BCUT2D eigenvalue weighted by Gasteiger charge is 2.05. The number of anilines is 1. The van der Waals surface area contributed by atoms with Gasteiger partial charge in [0, 0.05) is 25.7 Å². The number of nitrogens with zero attached hydrogens (tertiary/aromatic N) is 1. The first-order valence-corrected chi connectivity index (χ1v) is 9.15. The third kappa shape index (κ3) is 6.50. The Balaban J connectivity index is 2.03. The molecule has 0 radical (unpaired) electrons. The molecule has 7 heteroatoms. The predicted octanol–water partition coefficient (Wildman–Crippen LogP) is 2.92. The highest BCUT2D eigenvalue weighted by Crippen LogP contribution is 2.27. The molecule has 0 bridgehead atoms. The normalized spacial score (nSPS) is 10.9. The molecule has 3 N–H and O–H groups in total. The second-order valence-electron chi connectivity index (χ2n) is 6.12. The minimum atomic E-state index is -0.0921. The van der Waals surface area contributed by atoms with Crippen molar-refractivity contribution < 1.29 is 14.3 Å². The molecule has 7 nitrogen and oxygen atoms in total. The van der Waals surface area contributed by atoms with Crippen molar-refractivity contribution >= 4 is 17.6 Å². The first-order valence-electron chi connectivity index (χ1n) is 9.15. The lowest BCUT2D eigenvalue weighted by molar-refractivity contribution is -0.114. The van der Waals surface area contributed by atoms with Crippen LogP contribution in [0.2, 0.25) is 0 Å². The number of ether oxygens (including phenoxy) is 2. The summed E-state index contributed by atoms with van der Waals surface area (Å²) in [5.41, 5.74) is 2.83. The van der Waals surface area contributed by atoms with Crippen LogP contribution in [-0.4, -0.2) is 32.6 Å². The molecule has 150 valence electrons.